The second-order valence-electron chi connectivity index (χ2n) is 7.47. The van der Waals surface area contributed by atoms with Gasteiger partial charge in [0, 0.05) is 17.4 Å². The van der Waals surface area contributed by atoms with Gasteiger partial charge in [0.1, 0.15) is 12.3 Å². The highest BCUT2D eigenvalue weighted by atomic mass is 32.2. The molecule has 170 valence electrons. The first kappa shape index (κ1) is 22.3. The normalized spacial score (nSPS) is 13.1. The minimum absolute atomic E-state index is 0.0137. The first-order chi connectivity index (χ1) is 15.9. The van der Waals surface area contributed by atoms with Crippen molar-refractivity contribution < 1.29 is 22.7 Å². The molecule has 0 saturated heterocycles. The number of aryl methyl sites for hydroxylation is 1. The van der Waals surface area contributed by atoms with Crippen molar-refractivity contribution in [2.75, 3.05) is 28.1 Å². The lowest BCUT2D eigenvalue weighted by molar-refractivity contribution is -0.123. The van der Waals surface area contributed by atoms with E-state index in [-0.39, 0.29) is 29.7 Å². The molecule has 3 aromatic carbocycles. The Morgan fingerprint density at radius 2 is 1.76 bits per heavy atom. The molecular formula is C24H23N3O5S. The number of sulfonamides is 1. The number of hydrogen-bond donors (Lipinski definition) is 2. The van der Waals surface area contributed by atoms with Crippen LogP contribution in [0.2, 0.25) is 0 Å². The number of ether oxygens (including phenoxy) is 1. The summed E-state index contributed by atoms with van der Waals surface area (Å²) in [5, 5.41) is 2.80. The fraction of sp³-hybridized carbons (Fsp3) is 0.167. The Morgan fingerprint density at radius 3 is 2.52 bits per heavy atom. The van der Waals surface area contributed by atoms with Crippen molar-refractivity contribution in [3.05, 3.63) is 78.4 Å². The minimum Gasteiger partial charge on any atom is -0.482 e. The van der Waals surface area contributed by atoms with Gasteiger partial charge in [-0.3, -0.25) is 19.2 Å². The number of benzene rings is 3. The fourth-order valence-corrected chi connectivity index (χ4v) is 4.53. The molecule has 0 aliphatic carbocycles. The molecule has 0 saturated carbocycles. The average molecular weight is 466 g/mol. The van der Waals surface area contributed by atoms with Crippen LogP contribution in [0.4, 0.5) is 17.1 Å². The Balaban J connectivity index is 1.53. The molecule has 0 fully saturated rings. The molecule has 0 atom stereocenters. The van der Waals surface area contributed by atoms with Crippen LogP contribution in [0.5, 0.6) is 5.75 Å². The van der Waals surface area contributed by atoms with Crippen LogP contribution in [0.1, 0.15) is 12.5 Å². The molecule has 0 unspecified atom stereocenters. The first-order valence-corrected chi connectivity index (χ1v) is 11.9. The molecule has 0 radical (unpaired) electrons. The number of rotatable bonds is 7. The second-order valence-corrected chi connectivity index (χ2v) is 9.15. The third-order valence-electron chi connectivity index (χ3n) is 5.13. The third kappa shape index (κ3) is 5.15. The van der Waals surface area contributed by atoms with Crippen molar-refractivity contribution in [1.29, 1.82) is 0 Å². The molecule has 3 aromatic rings. The predicted molar refractivity (Wildman–Crippen MR) is 126 cm³/mol. The Morgan fingerprint density at radius 1 is 1.00 bits per heavy atom. The van der Waals surface area contributed by atoms with Crippen molar-refractivity contribution in [2.45, 2.75) is 18.2 Å². The zero-order valence-electron chi connectivity index (χ0n) is 17.9. The lowest BCUT2D eigenvalue weighted by Gasteiger charge is -2.29. The number of carbonyl (C=O) groups excluding carboxylic acids is 2. The molecule has 1 aliphatic heterocycles. The first-order valence-electron chi connectivity index (χ1n) is 10.4. The lowest BCUT2D eigenvalue weighted by Crippen LogP contribution is -2.43. The van der Waals surface area contributed by atoms with Gasteiger partial charge in [-0.2, -0.15) is 0 Å². The Kier molecular flexibility index (Phi) is 6.32. The van der Waals surface area contributed by atoms with Gasteiger partial charge in [-0.15, -0.1) is 0 Å². The van der Waals surface area contributed by atoms with E-state index in [4.69, 9.17) is 4.74 Å². The Labute approximate surface area is 192 Å². The zero-order chi connectivity index (χ0) is 23.4. The highest BCUT2D eigenvalue weighted by Gasteiger charge is 2.29. The molecule has 4 rings (SSSR count). The SMILES string of the molecule is CCc1cccc(NC(=O)CN2C(=O)COc3cc(S(=O)(=O)Nc4ccccc4)ccc32)c1. The van der Waals surface area contributed by atoms with Gasteiger partial charge in [0.05, 0.1) is 10.6 Å². The summed E-state index contributed by atoms with van der Waals surface area (Å²) in [6.45, 7) is 1.51. The number of fused-ring (bicyclic) bond motifs is 1. The minimum atomic E-state index is -3.86. The molecule has 2 N–H and O–H groups in total. The highest BCUT2D eigenvalue weighted by molar-refractivity contribution is 7.92. The van der Waals surface area contributed by atoms with Gasteiger partial charge in [-0.05, 0) is 48.4 Å². The molecule has 1 heterocycles. The van der Waals surface area contributed by atoms with Gasteiger partial charge in [0.15, 0.2) is 6.61 Å². The van der Waals surface area contributed by atoms with Gasteiger partial charge in [0.25, 0.3) is 15.9 Å². The van der Waals surface area contributed by atoms with Gasteiger partial charge in [0.2, 0.25) is 5.91 Å². The van der Waals surface area contributed by atoms with Crippen LogP contribution in [0.3, 0.4) is 0 Å². The zero-order valence-corrected chi connectivity index (χ0v) is 18.8. The molecule has 0 aromatic heterocycles. The van der Waals surface area contributed by atoms with E-state index in [1.165, 1.54) is 23.1 Å². The van der Waals surface area contributed by atoms with E-state index in [1.54, 1.807) is 36.4 Å². The molecule has 1 aliphatic rings. The smallest absolute Gasteiger partial charge is 0.265 e. The molecular weight excluding hydrogens is 442 g/mol. The van der Waals surface area contributed by atoms with E-state index in [2.05, 4.69) is 10.0 Å². The second kappa shape index (κ2) is 9.33. The maximum absolute atomic E-state index is 12.8. The summed E-state index contributed by atoms with van der Waals surface area (Å²) in [6, 6.07) is 20.2. The van der Waals surface area contributed by atoms with Crippen LogP contribution in [0.25, 0.3) is 0 Å². The maximum atomic E-state index is 12.8. The summed E-state index contributed by atoms with van der Waals surface area (Å²) in [4.78, 5) is 26.3. The molecule has 33 heavy (non-hydrogen) atoms. The highest BCUT2D eigenvalue weighted by Crippen LogP contribution is 2.34. The molecule has 0 bridgehead atoms. The molecule has 8 nitrogen and oxygen atoms in total. The summed E-state index contributed by atoms with van der Waals surface area (Å²) in [6.07, 6.45) is 0.837. The summed E-state index contributed by atoms with van der Waals surface area (Å²) in [7, 11) is -3.86. The van der Waals surface area contributed by atoms with Crippen LogP contribution < -0.4 is 19.7 Å². The van der Waals surface area contributed by atoms with Crippen LogP contribution in [-0.4, -0.2) is 33.4 Å². The van der Waals surface area contributed by atoms with E-state index in [9.17, 15) is 18.0 Å². The third-order valence-corrected chi connectivity index (χ3v) is 6.51. The number of carbonyl (C=O) groups is 2. The van der Waals surface area contributed by atoms with Gasteiger partial charge in [-0.25, -0.2) is 8.42 Å². The summed E-state index contributed by atoms with van der Waals surface area (Å²) >= 11 is 0. The molecule has 0 spiro atoms. The van der Waals surface area contributed by atoms with Crippen LogP contribution in [-0.2, 0) is 26.0 Å². The van der Waals surface area contributed by atoms with Crippen LogP contribution in [0, 0.1) is 0 Å². The Hall–Kier alpha value is -3.85. The fourth-order valence-electron chi connectivity index (χ4n) is 3.46. The van der Waals surface area contributed by atoms with Crippen molar-refractivity contribution >= 4 is 38.9 Å². The van der Waals surface area contributed by atoms with E-state index < -0.39 is 15.9 Å². The van der Waals surface area contributed by atoms with Gasteiger partial charge >= 0.3 is 0 Å². The number of nitrogens with zero attached hydrogens (tertiary/aromatic N) is 1. The number of hydrogen-bond acceptors (Lipinski definition) is 5. The number of para-hydroxylation sites is 1. The van der Waals surface area contributed by atoms with Crippen LogP contribution in [0.15, 0.2) is 77.7 Å². The van der Waals surface area contributed by atoms with Gasteiger partial charge < -0.3 is 10.1 Å². The summed E-state index contributed by atoms with van der Waals surface area (Å²) in [5.74, 6) is -0.545. The quantitative estimate of drug-likeness (QED) is 0.556. The predicted octanol–water partition coefficient (Wildman–Crippen LogP) is 3.41. The van der Waals surface area contributed by atoms with Crippen molar-refractivity contribution in [1.82, 2.24) is 0 Å². The Bertz CT molecular complexity index is 1290. The van der Waals surface area contributed by atoms with E-state index in [0.717, 1.165) is 12.0 Å². The van der Waals surface area contributed by atoms with Crippen LogP contribution >= 0.6 is 0 Å². The van der Waals surface area contributed by atoms with Crippen molar-refractivity contribution in [3.63, 3.8) is 0 Å². The van der Waals surface area contributed by atoms with Gasteiger partial charge in [-0.1, -0.05) is 37.3 Å². The molecule has 2 amide bonds. The topological polar surface area (TPSA) is 105 Å². The summed E-state index contributed by atoms with van der Waals surface area (Å²) < 4.78 is 33.5. The largest absolute Gasteiger partial charge is 0.482 e. The monoisotopic (exact) mass is 465 g/mol. The number of amides is 2. The van der Waals surface area contributed by atoms with Crippen molar-refractivity contribution in [3.8, 4) is 5.75 Å². The number of nitrogens with one attached hydrogen (secondary N) is 2. The maximum Gasteiger partial charge on any atom is 0.265 e. The molecule has 9 heteroatoms. The number of anilines is 3. The van der Waals surface area contributed by atoms with Crippen molar-refractivity contribution in [2.24, 2.45) is 0 Å². The standard InChI is InChI=1S/C24H23N3O5S/c1-2-17-7-6-10-19(13-17)25-23(28)15-27-21-12-11-20(14-22(21)32-16-24(27)29)33(30,31)26-18-8-4-3-5-9-18/h3-14,26H,2,15-16H2,1H3,(H,25,28). The average Bonchev–Trinajstić information content (AvgIpc) is 2.81. The van der Waals surface area contributed by atoms with E-state index in [1.807, 2.05) is 25.1 Å². The summed E-state index contributed by atoms with van der Waals surface area (Å²) in [5.41, 5.74) is 2.49. The lowest BCUT2D eigenvalue weighted by atomic mass is 10.1. The van der Waals surface area contributed by atoms with E-state index in [0.29, 0.717) is 17.1 Å². The van der Waals surface area contributed by atoms with E-state index >= 15 is 0 Å².